The molecule has 2 aromatic rings. The van der Waals surface area contributed by atoms with Crippen LogP contribution in [0, 0.1) is 6.92 Å². The van der Waals surface area contributed by atoms with E-state index in [1.165, 1.54) is 11.1 Å². The first kappa shape index (κ1) is 13.8. The van der Waals surface area contributed by atoms with Gasteiger partial charge in [-0.1, -0.05) is 30.3 Å². The summed E-state index contributed by atoms with van der Waals surface area (Å²) in [5.41, 5.74) is 2.89. The molecular formula is C17H15NO2S. The van der Waals surface area contributed by atoms with Gasteiger partial charge in [-0.25, -0.2) is 9.79 Å². The Morgan fingerprint density at radius 1 is 1.19 bits per heavy atom. The van der Waals surface area contributed by atoms with Gasteiger partial charge in [0.1, 0.15) is 0 Å². The Bertz CT molecular complexity index is 714. The number of nitrogens with zero attached hydrogens (tertiary/aromatic N) is 1. The van der Waals surface area contributed by atoms with Gasteiger partial charge in [-0.2, -0.15) is 0 Å². The van der Waals surface area contributed by atoms with Crippen molar-refractivity contribution in [3.63, 3.8) is 0 Å². The Labute approximate surface area is 127 Å². The number of thiophene rings is 1. The van der Waals surface area contributed by atoms with Gasteiger partial charge >= 0.3 is 5.97 Å². The van der Waals surface area contributed by atoms with E-state index in [0.717, 1.165) is 11.3 Å². The van der Waals surface area contributed by atoms with Crippen molar-refractivity contribution < 1.29 is 9.53 Å². The average molecular weight is 297 g/mol. The van der Waals surface area contributed by atoms with E-state index in [2.05, 4.69) is 24.0 Å². The second-order valence-electron chi connectivity index (χ2n) is 4.87. The minimum Gasteiger partial charge on any atom is -0.407 e. The minimum atomic E-state index is -0.358. The normalized spacial score (nSPS) is 16.1. The van der Waals surface area contributed by atoms with Gasteiger partial charge in [0.2, 0.25) is 0 Å². The molecule has 0 atom stereocenters. The van der Waals surface area contributed by atoms with Crippen LogP contribution in [0.2, 0.25) is 0 Å². The van der Waals surface area contributed by atoms with Crippen LogP contribution in [-0.2, 0) is 16.0 Å². The average Bonchev–Trinajstić information content (AvgIpc) is 3.09. The topological polar surface area (TPSA) is 38.7 Å². The second-order valence-corrected chi connectivity index (χ2v) is 5.85. The molecule has 1 aliphatic heterocycles. The second kappa shape index (κ2) is 6.06. The lowest BCUT2D eigenvalue weighted by Crippen LogP contribution is -2.05. The maximum absolute atomic E-state index is 11.8. The number of esters is 1. The van der Waals surface area contributed by atoms with Crippen molar-refractivity contribution in [1.82, 2.24) is 0 Å². The number of aryl methyl sites for hydroxylation is 2. The Balaban J connectivity index is 1.70. The fraction of sp³-hybridized carbons (Fsp3) is 0.176. The van der Waals surface area contributed by atoms with Gasteiger partial charge in [0.05, 0.1) is 0 Å². The van der Waals surface area contributed by atoms with Crippen molar-refractivity contribution in [2.24, 2.45) is 4.99 Å². The van der Waals surface area contributed by atoms with Gasteiger partial charge in [0.15, 0.2) is 11.6 Å². The number of carbonyl (C=O) groups is 1. The third-order valence-electron chi connectivity index (χ3n) is 3.36. The first-order valence-electron chi connectivity index (χ1n) is 6.82. The van der Waals surface area contributed by atoms with Crippen LogP contribution in [0.5, 0.6) is 0 Å². The molecule has 0 saturated heterocycles. The van der Waals surface area contributed by atoms with Crippen molar-refractivity contribution in [3.8, 4) is 0 Å². The Kier molecular flexibility index (Phi) is 3.97. The van der Waals surface area contributed by atoms with Crippen LogP contribution in [0.3, 0.4) is 0 Å². The largest absolute Gasteiger partial charge is 0.407 e. The highest BCUT2D eigenvalue weighted by molar-refractivity contribution is 7.10. The summed E-state index contributed by atoms with van der Waals surface area (Å²) in [5, 5.41) is 1.97. The molecule has 2 heterocycles. The SMILES string of the molecule is Cc1ccccc1CCC1=N/C(=C/c2cccs2)C(=O)O1. The monoisotopic (exact) mass is 297 g/mol. The number of hydrogen-bond donors (Lipinski definition) is 0. The van der Waals surface area contributed by atoms with Crippen LogP contribution in [0.25, 0.3) is 6.08 Å². The first-order chi connectivity index (χ1) is 10.2. The lowest BCUT2D eigenvalue weighted by molar-refractivity contribution is -0.130. The van der Waals surface area contributed by atoms with Crippen LogP contribution in [0.4, 0.5) is 0 Å². The number of benzene rings is 1. The number of hydrogen-bond acceptors (Lipinski definition) is 4. The van der Waals surface area contributed by atoms with Crippen LogP contribution in [0.1, 0.15) is 22.4 Å². The molecule has 21 heavy (non-hydrogen) atoms. The molecule has 0 bridgehead atoms. The van der Waals surface area contributed by atoms with Gasteiger partial charge in [-0.15, -0.1) is 11.3 Å². The number of carbonyl (C=O) groups excluding carboxylic acids is 1. The molecule has 3 nitrogen and oxygen atoms in total. The predicted molar refractivity (Wildman–Crippen MR) is 85.3 cm³/mol. The summed E-state index contributed by atoms with van der Waals surface area (Å²) in [4.78, 5) is 17.1. The van der Waals surface area contributed by atoms with E-state index < -0.39 is 0 Å². The molecule has 1 aromatic heterocycles. The fourth-order valence-corrected chi connectivity index (χ4v) is 2.85. The molecule has 0 amide bonds. The van der Waals surface area contributed by atoms with Crippen molar-refractivity contribution in [2.75, 3.05) is 0 Å². The van der Waals surface area contributed by atoms with E-state index in [4.69, 9.17) is 4.74 Å². The lowest BCUT2D eigenvalue weighted by atomic mass is 10.0. The predicted octanol–water partition coefficient (Wildman–Crippen LogP) is 3.99. The van der Waals surface area contributed by atoms with Crippen LogP contribution in [0.15, 0.2) is 52.5 Å². The zero-order valence-corrected chi connectivity index (χ0v) is 12.5. The van der Waals surface area contributed by atoms with Gasteiger partial charge in [-0.05, 0) is 42.0 Å². The van der Waals surface area contributed by atoms with Gasteiger partial charge in [0, 0.05) is 11.3 Å². The molecule has 106 valence electrons. The Morgan fingerprint density at radius 3 is 2.81 bits per heavy atom. The van der Waals surface area contributed by atoms with Crippen molar-refractivity contribution >= 4 is 29.3 Å². The third kappa shape index (κ3) is 3.28. The van der Waals surface area contributed by atoms with E-state index in [1.54, 1.807) is 17.4 Å². The van der Waals surface area contributed by atoms with E-state index >= 15 is 0 Å². The zero-order valence-electron chi connectivity index (χ0n) is 11.7. The third-order valence-corrected chi connectivity index (χ3v) is 4.18. The highest BCUT2D eigenvalue weighted by atomic mass is 32.1. The maximum atomic E-state index is 11.8. The van der Waals surface area contributed by atoms with Crippen molar-refractivity contribution in [1.29, 1.82) is 0 Å². The smallest absolute Gasteiger partial charge is 0.363 e. The van der Waals surface area contributed by atoms with E-state index in [1.807, 2.05) is 29.6 Å². The van der Waals surface area contributed by atoms with Gasteiger partial charge < -0.3 is 4.74 Å². The summed E-state index contributed by atoms with van der Waals surface area (Å²) in [5.74, 6) is 0.147. The number of ether oxygens (including phenoxy) is 1. The molecule has 1 aliphatic rings. The number of rotatable bonds is 4. The highest BCUT2D eigenvalue weighted by Gasteiger charge is 2.22. The summed E-state index contributed by atoms with van der Waals surface area (Å²) in [6, 6.07) is 12.1. The quantitative estimate of drug-likeness (QED) is 0.632. The molecule has 0 spiro atoms. The zero-order chi connectivity index (χ0) is 14.7. The summed E-state index contributed by atoms with van der Waals surface area (Å²) in [7, 11) is 0. The van der Waals surface area contributed by atoms with Crippen LogP contribution in [-0.4, -0.2) is 11.9 Å². The molecule has 0 saturated carbocycles. The van der Waals surface area contributed by atoms with Crippen LogP contribution < -0.4 is 0 Å². The minimum absolute atomic E-state index is 0.358. The Hall–Kier alpha value is -2.20. The van der Waals surface area contributed by atoms with E-state index in [0.29, 0.717) is 18.0 Å². The summed E-state index contributed by atoms with van der Waals surface area (Å²) in [6.07, 6.45) is 3.23. The van der Waals surface area contributed by atoms with Crippen molar-refractivity contribution in [2.45, 2.75) is 19.8 Å². The van der Waals surface area contributed by atoms with E-state index in [-0.39, 0.29) is 5.97 Å². The molecular weight excluding hydrogens is 282 g/mol. The molecule has 4 heteroatoms. The summed E-state index contributed by atoms with van der Waals surface area (Å²) < 4.78 is 5.23. The molecule has 1 aromatic carbocycles. The van der Waals surface area contributed by atoms with Crippen molar-refractivity contribution in [3.05, 3.63) is 63.5 Å². The molecule has 0 radical (unpaired) electrons. The standard InChI is InChI=1S/C17H15NO2S/c1-12-5-2-3-6-13(12)8-9-16-18-15(17(19)20-16)11-14-7-4-10-21-14/h2-7,10-11H,8-9H2,1H3/b15-11+. The fourth-order valence-electron chi connectivity index (χ4n) is 2.20. The van der Waals surface area contributed by atoms with Gasteiger partial charge in [-0.3, -0.25) is 0 Å². The number of cyclic esters (lactones) is 1. The Morgan fingerprint density at radius 2 is 2.05 bits per heavy atom. The molecule has 3 rings (SSSR count). The molecule has 0 N–H and O–H groups in total. The first-order valence-corrected chi connectivity index (χ1v) is 7.70. The number of aliphatic imine (C=N–C) groups is 1. The van der Waals surface area contributed by atoms with Crippen LogP contribution >= 0.6 is 11.3 Å². The molecule has 0 fully saturated rings. The van der Waals surface area contributed by atoms with Gasteiger partial charge in [0.25, 0.3) is 0 Å². The van der Waals surface area contributed by atoms with E-state index in [9.17, 15) is 4.79 Å². The summed E-state index contributed by atoms with van der Waals surface area (Å²) in [6.45, 7) is 2.08. The maximum Gasteiger partial charge on any atom is 0.363 e. The lowest BCUT2D eigenvalue weighted by Gasteiger charge is -2.04. The molecule has 0 aliphatic carbocycles. The summed E-state index contributed by atoms with van der Waals surface area (Å²) >= 11 is 1.57. The molecule has 0 unspecified atom stereocenters. The highest BCUT2D eigenvalue weighted by Crippen LogP contribution is 2.20.